The summed E-state index contributed by atoms with van der Waals surface area (Å²) in [5.74, 6) is -0.571. The van der Waals surface area contributed by atoms with Crippen molar-refractivity contribution in [3.05, 3.63) is 64.9 Å². The zero-order valence-corrected chi connectivity index (χ0v) is 17.6. The van der Waals surface area contributed by atoms with Crippen LogP contribution in [0.2, 0.25) is 5.02 Å². The fourth-order valence-corrected chi connectivity index (χ4v) is 3.06. The highest BCUT2D eigenvalue weighted by molar-refractivity contribution is 6.32. The molecule has 0 spiro atoms. The third kappa shape index (κ3) is 6.75. The number of halogens is 2. The lowest BCUT2D eigenvalue weighted by atomic mass is 10.1. The van der Waals surface area contributed by atoms with E-state index in [1.807, 2.05) is 20.8 Å². The minimum atomic E-state index is -0.676. The van der Waals surface area contributed by atoms with Crippen LogP contribution in [0.5, 0.6) is 5.75 Å². The summed E-state index contributed by atoms with van der Waals surface area (Å²) in [6.07, 6.45) is 0.428. The van der Waals surface area contributed by atoms with Crippen molar-refractivity contribution >= 4 is 23.4 Å². The van der Waals surface area contributed by atoms with Crippen LogP contribution in [0, 0.1) is 5.82 Å². The summed E-state index contributed by atoms with van der Waals surface area (Å²) in [4.78, 5) is 27.1. The molecule has 7 heteroatoms. The number of nitrogens with zero attached hydrogens (tertiary/aromatic N) is 1. The van der Waals surface area contributed by atoms with Crippen LogP contribution in [0.3, 0.4) is 0 Å². The predicted octanol–water partition coefficient (Wildman–Crippen LogP) is 4.19. The Morgan fingerprint density at radius 3 is 2.38 bits per heavy atom. The molecule has 1 atom stereocenters. The van der Waals surface area contributed by atoms with Crippen LogP contribution >= 0.6 is 11.6 Å². The van der Waals surface area contributed by atoms with E-state index >= 15 is 0 Å². The molecule has 0 bridgehead atoms. The van der Waals surface area contributed by atoms with E-state index in [0.717, 1.165) is 0 Å². The maximum absolute atomic E-state index is 13.2. The van der Waals surface area contributed by atoms with Gasteiger partial charge in [-0.2, -0.15) is 0 Å². The van der Waals surface area contributed by atoms with Crippen molar-refractivity contribution in [2.75, 3.05) is 6.61 Å². The monoisotopic (exact) mass is 420 g/mol. The Hall–Kier alpha value is -2.60. The SMILES string of the molecule is CCC(C(=O)NC(C)C)N(Cc1ccc(F)cc1)C(=O)COc1ccccc1Cl. The second-order valence-electron chi connectivity index (χ2n) is 6.95. The van der Waals surface area contributed by atoms with Gasteiger partial charge in [0.2, 0.25) is 5.91 Å². The average molecular weight is 421 g/mol. The van der Waals surface area contributed by atoms with Crippen molar-refractivity contribution in [3.8, 4) is 5.75 Å². The molecule has 1 unspecified atom stereocenters. The molecule has 0 aliphatic heterocycles. The molecule has 2 aromatic rings. The topological polar surface area (TPSA) is 58.6 Å². The van der Waals surface area contributed by atoms with Gasteiger partial charge in [-0.3, -0.25) is 9.59 Å². The largest absolute Gasteiger partial charge is 0.482 e. The highest BCUT2D eigenvalue weighted by Gasteiger charge is 2.29. The quantitative estimate of drug-likeness (QED) is 0.661. The van der Waals surface area contributed by atoms with Crippen molar-refractivity contribution in [1.82, 2.24) is 10.2 Å². The van der Waals surface area contributed by atoms with E-state index in [-0.39, 0.29) is 36.8 Å². The van der Waals surface area contributed by atoms with Gasteiger partial charge >= 0.3 is 0 Å². The molecule has 0 saturated heterocycles. The van der Waals surface area contributed by atoms with Gasteiger partial charge < -0.3 is 15.0 Å². The molecule has 2 rings (SSSR count). The number of hydrogen-bond acceptors (Lipinski definition) is 3. The molecule has 29 heavy (non-hydrogen) atoms. The summed E-state index contributed by atoms with van der Waals surface area (Å²) in [6, 6.07) is 12.0. The average Bonchev–Trinajstić information content (AvgIpc) is 2.68. The smallest absolute Gasteiger partial charge is 0.261 e. The Labute approximate surface area is 175 Å². The molecule has 156 valence electrons. The number of hydrogen-bond donors (Lipinski definition) is 1. The van der Waals surface area contributed by atoms with Crippen LogP contribution in [0.15, 0.2) is 48.5 Å². The van der Waals surface area contributed by atoms with Gasteiger partial charge in [0.1, 0.15) is 17.6 Å². The summed E-state index contributed by atoms with van der Waals surface area (Å²) < 4.78 is 18.8. The van der Waals surface area contributed by atoms with Crippen molar-refractivity contribution in [3.63, 3.8) is 0 Å². The zero-order valence-electron chi connectivity index (χ0n) is 16.8. The maximum atomic E-state index is 13.2. The first-order chi connectivity index (χ1) is 13.8. The first-order valence-corrected chi connectivity index (χ1v) is 9.91. The summed E-state index contributed by atoms with van der Waals surface area (Å²) >= 11 is 6.08. The Morgan fingerprint density at radius 1 is 1.14 bits per heavy atom. The molecular weight excluding hydrogens is 395 g/mol. The van der Waals surface area contributed by atoms with E-state index in [2.05, 4.69) is 5.32 Å². The number of para-hydroxylation sites is 1. The van der Waals surface area contributed by atoms with Gasteiger partial charge in [-0.05, 0) is 50.1 Å². The van der Waals surface area contributed by atoms with Crippen molar-refractivity contribution < 1.29 is 18.7 Å². The van der Waals surface area contributed by atoms with E-state index in [9.17, 15) is 14.0 Å². The van der Waals surface area contributed by atoms with E-state index in [1.165, 1.54) is 17.0 Å². The van der Waals surface area contributed by atoms with E-state index in [4.69, 9.17) is 16.3 Å². The second kappa shape index (κ2) is 10.8. The second-order valence-corrected chi connectivity index (χ2v) is 7.36. The minimum Gasteiger partial charge on any atom is -0.482 e. The van der Waals surface area contributed by atoms with Crippen LogP contribution in [0.1, 0.15) is 32.8 Å². The summed E-state index contributed by atoms with van der Waals surface area (Å²) in [5, 5.41) is 3.25. The lowest BCUT2D eigenvalue weighted by molar-refractivity contribution is -0.143. The predicted molar refractivity (Wildman–Crippen MR) is 111 cm³/mol. The molecule has 0 aliphatic carbocycles. The fourth-order valence-electron chi connectivity index (χ4n) is 2.87. The van der Waals surface area contributed by atoms with E-state index < -0.39 is 6.04 Å². The number of nitrogens with one attached hydrogen (secondary N) is 1. The van der Waals surface area contributed by atoms with Gasteiger partial charge in [0.05, 0.1) is 5.02 Å². The Balaban J connectivity index is 2.21. The lowest BCUT2D eigenvalue weighted by Gasteiger charge is -2.31. The van der Waals surface area contributed by atoms with Crippen molar-refractivity contribution in [2.24, 2.45) is 0 Å². The number of carbonyl (C=O) groups excluding carboxylic acids is 2. The van der Waals surface area contributed by atoms with Crippen LogP contribution in [0.4, 0.5) is 4.39 Å². The highest BCUT2D eigenvalue weighted by Crippen LogP contribution is 2.23. The van der Waals surface area contributed by atoms with Gasteiger partial charge in [0.25, 0.3) is 5.91 Å². The molecular formula is C22H26ClFN2O3. The molecule has 0 aromatic heterocycles. The van der Waals surface area contributed by atoms with Crippen LogP contribution in [-0.2, 0) is 16.1 Å². The molecule has 0 heterocycles. The standard InChI is InChI=1S/C22H26ClFN2O3/c1-4-19(22(28)25-15(2)3)26(13-16-9-11-17(24)12-10-16)21(27)14-29-20-8-6-5-7-18(20)23/h5-12,15,19H,4,13-14H2,1-3H3,(H,25,28). The molecule has 2 amide bonds. The number of ether oxygens (including phenoxy) is 1. The summed E-state index contributed by atoms with van der Waals surface area (Å²) in [6.45, 7) is 5.45. The third-order valence-corrected chi connectivity index (χ3v) is 4.58. The fraction of sp³-hybridized carbons (Fsp3) is 0.364. The van der Waals surface area contributed by atoms with Gasteiger partial charge in [-0.15, -0.1) is 0 Å². The molecule has 1 N–H and O–H groups in total. The lowest BCUT2D eigenvalue weighted by Crippen LogP contribution is -2.51. The summed E-state index contributed by atoms with van der Waals surface area (Å²) in [5.41, 5.74) is 0.716. The van der Waals surface area contributed by atoms with E-state index in [0.29, 0.717) is 22.8 Å². The first-order valence-electron chi connectivity index (χ1n) is 9.53. The van der Waals surface area contributed by atoms with Crippen LogP contribution < -0.4 is 10.1 Å². The maximum Gasteiger partial charge on any atom is 0.261 e. The Kier molecular flexibility index (Phi) is 8.46. The Bertz CT molecular complexity index is 827. The molecule has 5 nitrogen and oxygen atoms in total. The number of rotatable bonds is 9. The number of amides is 2. The van der Waals surface area contributed by atoms with Crippen molar-refractivity contribution in [1.29, 1.82) is 0 Å². The Morgan fingerprint density at radius 2 is 1.79 bits per heavy atom. The first kappa shape index (κ1) is 22.7. The minimum absolute atomic E-state index is 0.0568. The number of carbonyl (C=O) groups is 2. The third-order valence-electron chi connectivity index (χ3n) is 4.27. The highest BCUT2D eigenvalue weighted by atomic mass is 35.5. The molecule has 0 saturated carbocycles. The normalized spacial score (nSPS) is 11.8. The number of benzene rings is 2. The van der Waals surface area contributed by atoms with Crippen LogP contribution in [0.25, 0.3) is 0 Å². The van der Waals surface area contributed by atoms with Crippen LogP contribution in [-0.4, -0.2) is 35.4 Å². The zero-order chi connectivity index (χ0) is 21.4. The molecule has 0 aliphatic rings. The van der Waals surface area contributed by atoms with Gasteiger partial charge in [-0.25, -0.2) is 4.39 Å². The molecule has 0 fully saturated rings. The summed E-state index contributed by atoms with van der Waals surface area (Å²) in [7, 11) is 0. The van der Waals surface area contributed by atoms with Gasteiger partial charge in [-0.1, -0.05) is 42.8 Å². The van der Waals surface area contributed by atoms with E-state index in [1.54, 1.807) is 36.4 Å². The molecule has 2 aromatic carbocycles. The van der Waals surface area contributed by atoms with Gasteiger partial charge in [0, 0.05) is 12.6 Å². The molecule has 0 radical (unpaired) electrons. The van der Waals surface area contributed by atoms with Gasteiger partial charge in [0.15, 0.2) is 6.61 Å². The van der Waals surface area contributed by atoms with Crippen molar-refractivity contribution in [2.45, 2.75) is 45.8 Å².